The number of rotatable bonds is 6. The Morgan fingerprint density at radius 1 is 1.07 bits per heavy atom. The number of nitrogens with one attached hydrogen (secondary N) is 2. The molecule has 0 saturated carbocycles. The van der Waals surface area contributed by atoms with Crippen LogP contribution in [0.1, 0.15) is 26.4 Å². The predicted molar refractivity (Wildman–Crippen MR) is 119 cm³/mol. The zero-order valence-electron chi connectivity index (χ0n) is 15.5. The van der Waals surface area contributed by atoms with Gasteiger partial charge in [0.25, 0.3) is 11.8 Å². The van der Waals surface area contributed by atoms with Gasteiger partial charge in [-0.1, -0.05) is 53.0 Å². The molecule has 0 saturated heterocycles. The van der Waals surface area contributed by atoms with Crippen LogP contribution < -0.4 is 10.6 Å². The molecule has 3 aromatic rings. The van der Waals surface area contributed by atoms with Gasteiger partial charge < -0.3 is 10.6 Å². The molecule has 0 aliphatic carbocycles. The van der Waals surface area contributed by atoms with Gasteiger partial charge in [0.05, 0.1) is 0 Å². The van der Waals surface area contributed by atoms with Crippen LogP contribution in [-0.2, 0) is 11.3 Å². The molecule has 0 atom stereocenters. The van der Waals surface area contributed by atoms with E-state index in [1.807, 2.05) is 36.6 Å². The van der Waals surface area contributed by atoms with Crippen molar-refractivity contribution in [1.29, 1.82) is 0 Å². The van der Waals surface area contributed by atoms with Crippen molar-refractivity contribution in [2.45, 2.75) is 13.5 Å². The summed E-state index contributed by atoms with van der Waals surface area (Å²) in [5.74, 6) is -0.766. The second-order valence-corrected chi connectivity index (χ2v) is 8.13. The molecule has 0 radical (unpaired) electrons. The second-order valence-electron chi connectivity index (χ2n) is 6.31. The van der Waals surface area contributed by atoms with E-state index < -0.39 is 5.91 Å². The van der Waals surface area contributed by atoms with Crippen LogP contribution in [0.4, 0.5) is 0 Å². The molecule has 3 rings (SSSR count). The molecule has 0 aliphatic rings. The van der Waals surface area contributed by atoms with Gasteiger partial charge in [-0.25, -0.2) is 0 Å². The number of amides is 2. The zero-order chi connectivity index (χ0) is 20.8. The highest BCUT2D eigenvalue weighted by Crippen LogP contribution is 2.21. The minimum Gasteiger partial charge on any atom is -0.347 e. The zero-order valence-corrected chi connectivity index (χ0v) is 17.9. The van der Waals surface area contributed by atoms with E-state index in [2.05, 4.69) is 10.6 Å². The van der Waals surface area contributed by atoms with Crippen LogP contribution >= 0.6 is 34.5 Å². The lowest BCUT2D eigenvalue weighted by Gasteiger charge is -2.12. The Hall–Kier alpha value is -2.60. The number of thiophene rings is 1. The van der Waals surface area contributed by atoms with Gasteiger partial charge in [0.2, 0.25) is 0 Å². The van der Waals surface area contributed by atoms with Crippen molar-refractivity contribution in [3.8, 4) is 0 Å². The first-order chi connectivity index (χ1) is 13.9. The second kappa shape index (κ2) is 9.74. The van der Waals surface area contributed by atoms with Crippen molar-refractivity contribution in [3.63, 3.8) is 0 Å². The fourth-order valence-electron chi connectivity index (χ4n) is 2.51. The van der Waals surface area contributed by atoms with E-state index in [0.29, 0.717) is 15.6 Å². The Morgan fingerprint density at radius 2 is 1.83 bits per heavy atom. The fourth-order valence-corrected chi connectivity index (χ4v) is 3.64. The van der Waals surface area contributed by atoms with Crippen LogP contribution in [0.25, 0.3) is 6.08 Å². The monoisotopic (exact) mass is 444 g/mol. The highest BCUT2D eigenvalue weighted by molar-refractivity contribution is 7.10. The third-order valence-corrected chi connectivity index (χ3v) is 5.50. The molecule has 2 amide bonds. The summed E-state index contributed by atoms with van der Waals surface area (Å²) in [5.41, 5.74) is 2.41. The molecular formula is C22H18Cl2N2O2S. The average Bonchev–Trinajstić information content (AvgIpc) is 3.20. The lowest BCUT2D eigenvalue weighted by atomic mass is 10.1. The highest BCUT2D eigenvalue weighted by atomic mass is 35.5. The topological polar surface area (TPSA) is 58.2 Å². The normalized spacial score (nSPS) is 11.2. The third kappa shape index (κ3) is 5.94. The number of aryl methyl sites for hydroxylation is 1. The summed E-state index contributed by atoms with van der Waals surface area (Å²) in [5, 5.41) is 8.39. The molecule has 0 aliphatic heterocycles. The summed E-state index contributed by atoms with van der Waals surface area (Å²) >= 11 is 13.5. The van der Waals surface area contributed by atoms with E-state index >= 15 is 0 Å². The van der Waals surface area contributed by atoms with E-state index in [9.17, 15) is 9.59 Å². The first-order valence-corrected chi connectivity index (χ1v) is 10.4. The van der Waals surface area contributed by atoms with E-state index in [0.717, 1.165) is 16.0 Å². The fraction of sp³-hybridized carbons (Fsp3) is 0.0909. The molecule has 0 bridgehead atoms. The molecule has 2 aromatic carbocycles. The summed E-state index contributed by atoms with van der Waals surface area (Å²) in [6, 6.07) is 16.0. The molecule has 4 nitrogen and oxygen atoms in total. The Balaban J connectivity index is 1.76. The van der Waals surface area contributed by atoms with Crippen LogP contribution in [-0.4, -0.2) is 11.8 Å². The van der Waals surface area contributed by atoms with Crippen molar-refractivity contribution < 1.29 is 9.59 Å². The maximum Gasteiger partial charge on any atom is 0.268 e. The quantitative estimate of drug-likeness (QED) is 0.496. The number of hydrogen-bond acceptors (Lipinski definition) is 3. The molecule has 2 N–H and O–H groups in total. The first-order valence-electron chi connectivity index (χ1n) is 8.78. The van der Waals surface area contributed by atoms with E-state index in [1.54, 1.807) is 36.4 Å². The lowest BCUT2D eigenvalue weighted by Crippen LogP contribution is -2.34. The molecule has 148 valence electrons. The molecule has 7 heteroatoms. The molecule has 0 fully saturated rings. The molecule has 0 unspecified atom stereocenters. The molecule has 29 heavy (non-hydrogen) atoms. The summed E-state index contributed by atoms with van der Waals surface area (Å²) < 4.78 is 0. The first kappa shape index (κ1) is 21.1. The Labute approximate surface area is 183 Å². The van der Waals surface area contributed by atoms with Crippen LogP contribution in [0.3, 0.4) is 0 Å². The summed E-state index contributed by atoms with van der Waals surface area (Å²) in [6.45, 7) is 2.15. The molecule has 1 aromatic heterocycles. The maximum atomic E-state index is 12.8. The number of carbonyl (C=O) groups is 2. The van der Waals surface area contributed by atoms with Crippen molar-refractivity contribution in [2.24, 2.45) is 0 Å². The van der Waals surface area contributed by atoms with Crippen molar-refractivity contribution in [3.05, 3.63) is 97.3 Å². The van der Waals surface area contributed by atoms with Crippen molar-refractivity contribution in [2.75, 3.05) is 0 Å². The van der Waals surface area contributed by atoms with E-state index in [-0.39, 0.29) is 18.1 Å². The van der Waals surface area contributed by atoms with Crippen LogP contribution in [0.5, 0.6) is 0 Å². The number of halogens is 2. The number of hydrogen-bond donors (Lipinski definition) is 2. The van der Waals surface area contributed by atoms with Gasteiger partial charge in [0, 0.05) is 27.0 Å². The lowest BCUT2D eigenvalue weighted by molar-refractivity contribution is -0.117. The molecular weight excluding hydrogens is 427 g/mol. The largest absolute Gasteiger partial charge is 0.347 e. The van der Waals surface area contributed by atoms with Crippen LogP contribution in [0.2, 0.25) is 10.0 Å². The number of benzene rings is 2. The third-order valence-electron chi connectivity index (χ3n) is 4.09. The van der Waals surface area contributed by atoms with Gasteiger partial charge >= 0.3 is 0 Å². The van der Waals surface area contributed by atoms with E-state index in [1.165, 1.54) is 11.3 Å². The summed E-state index contributed by atoms with van der Waals surface area (Å²) in [7, 11) is 0. The van der Waals surface area contributed by atoms with Gasteiger partial charge in [0.15, 0.2) is 0 Å². The highest BCUT2D eigenvalue weighted by Gasteiger charge is 2.15. The Bertz CT molecular complexity index is 1050. The van der Waals surface area contributed by atoms with Crippen LogP contribution in [0.15, 0.2) is 65.7 Å². The van der Waals surface area contributed by atoms with Gasteiger partial charge in [-0.3, -0.25) is 9.59 Å². The minimum atomic E-state index is -0.412. The van der Waals surface area contributed by atoms with Crippen molar-refractivity contribution >= 4 is 52.4 Å². The summed E-state index contributed by atoms with van der Waals surface area (Å²) in [4.78, 5) is 26.2. The SMILES string of the molecule is Cc1ccc(C(=O)N/C(=C\c2cccs2)C(=O)NCc2ccc(Cl)cc2Cl)cc1. The Kier molecular flexibility index (Phi) is 7.09. The minimum absolute atomic E-state index is 0.156. The molecule has 1 heterocycles. The molecule has 0 spiro atoms. The van der Waals surface area contributed by atoms with Gasteiger partial charge in [-0.15, -0.1) is 11.3 Å². The van der Waals surface area contributed by atoms with Gasteiger partial charge in [-0.2, -0.15) is 0 Å². The van der Waals surface area contributed by atoms with Crippen molar-refractivity contribution in [1.82, 2.24) is 10.6 Å². The maximum absolute atomic E-state index is 12.8. The summed E-state index contributed by atoms with van der Waals surface area (Å²) in [6.07, 6.45) is 1.65. The van der Waals surface area contributed by atoms with Gasteiger partial charge in [-0.05, 0) is 54.3 Å². The average molecular weight is 445 g/mol. The number of carbonyl (C=O) groups excluding carboxylic acids is 2. The van der Waals surface area contributed by atoms with Crippen LogP contribution in [0, 0.1) is 6.92 Å². The predicted octanol–water partition coefficient (Wildman–Crippen LogP) is 5.45. The van der Waals surface area contributed by atoms with E-state index in [4.69, 9.17) is 23.2 Å². The smallest absolute Gasteiger partial charge is 0.268 e. The standard InChI is InChI=1S/C22H18Cl2N2O2S/c1-14-4-6-15(7-5-14)21(27)26-20(12-18-3-2-10-29-18)22(28)25-13-16-8-9-17(23)11-19(16)24/h2-12H,13H2,1H3,(H,25,28)(H,26,27)/b20-12-. The Morgan fingerprint density at radius 3 is 2.48 bits per heavy atom. The van der Waals surface area contributed by atoms with Gasteiger partial charge in [0.1, 0.15) is 5.70 Å².